The van der Waals surface area contributed by atoms with Gasteiger partial charge in [-0.1, -0.05) is 13.0 Å². The largest absolute Gasteiger partial charge is 0.481 e. The topological polar surface area (TPSA) is 40.5 Å². The second-order valence-electron chi connectivity index (χ2n) is 5.72. The fourth-order valence-corrected chi connectivity index (χ4v) is 5.14. The maximum Gasteiger partial charge on any atom is 0.306 e. The normalized spacial score (nSPS) is 18.4. The quantitative estimate of drug-likeness (QED) is 0.887. The average molecular weight is 335 g/mol. The molecule has 0 amide bonds. The molecule has 1 saturated heterocycles. The van der Waals surface area contributed by atoms with Gasteiger partial charge in [0.2, 0.25) is 0 Å². The average Bonchev–Trinajstić information content (AvgIpc) is 3.20. The van der Waals surface area contributed by atoms with E-state index >= 15 is 0 Å². The van der Waals surface area contributed by atoms with Crippen molar-refractivity contribution < 1.29 is 9.90 Å². The molecule has 1 aliphatic heterocycles. The first-order chi connectivity index (χ1) is 10.7. The van der Waals surface area contributed by atoms with E-state index in [0.29, 0.717) is 6.04 Å². The first kappa shape index (κ1) is 15.7. The Labute approximate surface area is 139 Å². The molecule has 3 nitrogen and oxygen atoms in total. The van der Waals surface area contributed by atoms with Crippen molar-refractivity contribution in [3.63, 3.8) is 0 Å². The van der Waals surface area contributed by atoms with Crippen LogP contribution in [0.3, 0.4) is 0 Å². The number of carboxylic acid groups (broad SMARTS) is 1. The third kappa shape index (κ3) is 3.26. The molecule has 1 atom stereocenters. The highest BCUT2D eigenvalue weighted by atomic mass is 32.1. The lowest BCUT2D eigenvalue weighted by atomic mass is 9.95. The van der Waals surface area contributed by atoms with Crippen molar-refractivity contribution in [2.75, 3.05) is 13.1 Å². The summed E-state index contributed by atoms with van der Waals surface area (Å²) in [7, 11) is 0. The number of likely N-dealkylation sites (tertiary alicyclic amines) is 1. The molecule has 3 rings (SSSR count). The summed E-state index contributed by atoms with van der Waals surface area (Å²) in [6.07, 6.45) is 2.58. The van der Waals surface area contributed by atoms with Crippen molar-refractivity contribution in [2.24, 2.45) is 5.92 Å². The zero-order chi connectivity index (χ0) is 15.5. The Hall–Kier alpha value is -1.17. The molecular weight excluding hydrogens is 314 g/mol. The van der Waals surface area contributed by atoms with Gasteiger partial charge in [0.05, 0.1) is 12.0 Å². The lowest BCUT2D eigenvalue weighted by molar-refractivity contribution is -0.143. The number of hydrogen-bond donors (Lipinski definition) is 1. The van der Waals surface area contributed by atoms with Gasteiger partial charge in [0, 0.05) is 14.6 Å². The highest BCUT2D eigenvalue weighted by Crippen LogP contribution is 2.38. The number of piperidine rings is 1. The summed E-state index contributed by atoms with van der Waals surface area (Å²) >= 11 is 3.68. The van der Waals surface area contributed by atoms with E-state index < -0.39 is 5.97 Å². The molecular formula is C17H21NO2S2. The van der Waals surface area contributed by atoms with Crippen molar-refractivity contribution >= 4 is 28.6 Å². The van der Waals surface area contributed by atoms with E-state index in [1.54, 1.807) is 11.3 Å². The molecule has 0 radical (unpaired) electrons. The van der Waals surface area contributed by atoms with Gasteiger partial charge < -0.3 is 5.11 Å². The Balaban J connectivity index is 1.82. The van der Waals surface area contributed by atoms with Crippen molar-refractivity contribution in [3.05, 3.63) is 44.3 Å². The van der Waals surface area contributed by atoms with Crippen molar-refractivity contribution in [3.8, 4) is 0 Å². The maximum absolute atomic E-state index is 11.2. The summed E-state index contributed by atoms with van der Waals surface area (Å²) in [6, 6.07) is 9.07. The number of carboxylic acids is 1. The second kappa shape index (κ2) is 6.94. The summed E-state index contributed by atoms with van der Waals surface area (Å²) in [6.45, 7) is 3.91. The fourth-order valence-electron chi connectivity index (χ4n) is 3.08. The Morgan fingerprint density at radius 1 is 1.32 bits per heavy atom. The number of nitrogens with zero attached hydrogens (tertiary/aromatic N) is 1. The van der Waals surface area contributed by atoms with Crippen LogP contribution in [0.4, 0.5) is 0 Å². The SMILES string of the molecule is CCc1ccc(C(c2cccs2)N2CCC(C(=O)O)CC2)s1. The van der Waals surface area contributed by atoms with Gasteiger partial charge in [0.15, 0.2) is 0 Å². The van der Waals surface area contributed by atoms with Crippen LogP contribution in [0, 0.1) is 5.92 Å². The number of aliphatic carboxylic acids is 1. The van der Waals surface area contributed by atoms with Crippen molar-refractivity contribution in [1.29, 1.82) is 0 Å². The van der Waals surface area contributed by atoms with Gasteiger partial charge in [0.25, 0.3) is 0 Å². The number of aryl methyl sites for hydroxylation is 1. The molecule has 2 aromatic rings. The standard InChI is InChI=1S/C17H21NO2S2/c1-2-13-5-6-15(22-13)16(14-4-3-11-21-14)18-9-7-12(8-10-18)17(19)20/h3-6,11-12,16H,2,7-10H2,1H3,(H,19,20). The molecule has 3 heterocycles. The smallest absolute Gasteiger partial charge is 0.306 e. The van der Waals surface area contributed by atoms with Gasteiger partial charge in [-0.25, -0.2) is 0 Å². The third-order valence-electron chi connectivity index (χ3n) is 4.36. The lowest BCUT2D eigenvalue weighted by Gasteiger charge is -2.35. The number of rotatable bonds is 5. The predicted octanol–water partition coefficient (Wildman–Crippen LogP) is 4.26. The Morgan fingerprint density at radius 3 is 2.64 bits per heavy atom. The number of carbonyl (C=O) groups is 1. The molecule has 0 aliphatic carbocycles. The number of thiophene rings is 2. The highest BCUT2D eigenvalue weighted by Gasteiger charge is 2.31. The van der Waals surface area contributed by atoms with Crippen LogP contribution in [0.25, 0.3) is 0 Å². The third-order valence-corrected chi connectivity index (χ3v) is 6.56. The van der Waals surface area contributed by atoms with Gasteiger partial charge in [0.1, 0.15) is 0 Å². The summed E-state index contributed by atoms with van der Waals surface area (Å²) in [5.74, 6) is -0.813. The molecule has 0 spiro atoms. The molecule has 1 aliphatic rings. The number of hydrogen-bond acceptors (Lipinski definition) is 4. The monoisotopic (exact) mass is 335 g/mol. The zero-order valence-corrected chi connectivity index (χ0v) is 14.3. The molecule has 1 N–H and O–H groups in total. The minimum atomic E-state index is -0.642. The predicted molar refractivity (Wildman–Crippen MR) is 91.8 cm³/mol. The summed E-state index contributed by atoms with van der Waals surface area (Å²) in [5.41, 5.74) is 0. The van der Waals surface area contributed by atoms with Crippen LogP contribution in [0.1, 0.15) is 40.4 Å². The molecule has 2 aromatic heterocycles. The minimum absolute atomic E-state index is 0.172. The van der Waals surface area contributed by atoms with E-state index in [1.807, 2.05) is 11.3 Å². The van der Waals surface area contributed by atoms with Crippen LogP contribution in [0.15, 0.2) is 29.6 Å². The van der Waals surface area contributed by atoms with Crippen LogP contribution >= 0.6 is 22.7 Å². The molecule has 0 aromatic carbocycles. The van der Waals surface area contributed by atoms with Gasteiger partial charge in [-0.05, 0) is 55.9 Å². The Kier molecular flexibility index (Phi) is 4.96. The first-order valence-corrected chi connectivity index (χ1v) is 9.47. The van der Waals surface area contributed by atoms with E-state index in [0.717, 1.165) is 32.4 Å². The molecule has 5 heteroatoms. The molecule has 22 heavy (non-hydrogen) atoms. The summed E-state index contributed by atoms with van der Waals surface area (Å²) in [5, 5.41) is 11.3. The highest BCUT2D eigenvalue weighted by molar-refractivity contribution is 7.13. The van der Waals surface area contributed by atoms with E-state index in [2.05, 4.69) is 41.5 Å². The van der Waals surface area contributed by atoms with Crippen molar-refractivity contribution in [2.45, 2.75) is 32.2 Å². The van der Waals surface area contributed by atoms with E-state index in [-0.39, 0.29) is 5.92 Å². The van der Waals surface area contributed by atoms with Crippen LogP contribution in [0.2, 0.25) is 0 Å². The molecule has 0 saturated carbocycles. The second-order valence-corrected chi connectivity index (χ2v) is 7.90. The van der Waals surface area contributed by atoms with Crippen LogP contribution in [-0.4, -0.2) is 29.1 Å². The van der Waals surface area contributed by atoms with E-state index in [9.17, 15) is 9.90 Å². The Morgan fingerprint density at radius 2 is 2.09 bits per heavy atom. The maximum atomic E-state index is 11.2. The molecule has 0 bridgehead atoms. The fraction of sp³-hybridized carbons (Fsp3) is 0.471. The summed E-state index contributed by atoms with van der Waals surface area (Å²) in [4.78, 5) is 17.8. The van der Waals surface area contributed by atoms with Gasteiger partial charge in [-0.15, -0.1) is 22.7 Å². The minimum Gasteiger partial charge on any atom is -0.481 e. The van der Waals surface area contributed by atoms with Gasteiger partial charge in [-0.3, -0.25) is 9.69 Å². The van der Waals surface area contributed by atoms with Crippen LogP contribution < -0.4 is 0 Å². The lowest BCUT2D eigenvalue weighted by Crippen LogP contribution is -2.38. The van der Waals surface area contributed by atoms with Crippen LogP contribution in [-0.2, 0) is 11.2 Å². The van der Waals surface area contributed by atoms with Gasteiger partial charge >= 0.3 is 5.97 Å². The van der Waals surface area contributed by atoms with Crippen LogP contribution in [0.5, 0.6) is 0 Å². The van der Waals surface area contributed by atoms with E-state index in [4.69, 9.17) is 0 Å². The first-order valence-electron chi connectivity index (χ1n) is 7.78. The molecule has 118 valence electrons. The van der Waals surface area contributed by atoms with Gasteiger partial charge in [-0.2, -0.15) is 0 Å². The summed E-state index contributed by atoms with van der Waals surface area (Å²) < 4.78 is 0. The zero-order valence-electron chi connectivity index (χ0n) is 12.7. The van der Waals surface area contributed by atoms with Crippen molar-refractivity contribution in [1.82, 2.24) is 4.90 Å². The van der Waals surface area contributed by atoms with E-state index in [1.165, 1.54) is 14.6 Å². The molecule has 1 fully saturated rings. The Bertz CT molecular complexity index is 612. The molecule has 1 unspecified atom stereocenters.